The lowest BCUT2D eigenvalue weighted by molar-refractivity contribution is -0.325. The van der Waals surface area contributed by atoms with Crippen LogP contribution in [0.15, 0.2) is 24.3 Å². The third-order valence-electron chi connectivity index (χ3n) is 1.80. The van der Waals surface area contributed by atoms with E-state index in [0.717, 1.165) is 12.1 Å². The molecule has 0 amide bonds. The number of carbonyl (C=O) groups excluding carboxylic acids is 1. The summed E-state index contributed by atoms with van der Waals surface area (Å²) in [7, 11) is 0. The fourth-order valence-corrected chi connectivity index (χ4v) is 0.978. The third kappa shape index (κ3) is 2.27. The molecule has 0 aromatic heterocycles. The van der Waals surface area contributed by atoms with Crippen molar-refractivity contribution in [2.24, 2.45) is 0 Å². The number of aliphatic carboxylic acids is 1. The molecule has 1 aromatic carbocycles. The van der Waals surface area contributed by atoms with Crippen molar-refractivity contribution >= 4 is 5.97 Å². The molecule has 1 atom stereocenters. The predicted octanol–water partition coefficient (Wildman–Crippen LogP) is 0.0283. The van der Waals surface area contributed by atoms with E-state index in [1.807, 2.05) is 0 Å². The van der Waals surface area contributed by atoms with E-state index in [1.165, 1.54) is 0 Å². The molecule has 0 fully saturated rings. The summed E-state index contributed by atoms with van der Waals surface area (Å²) in [6.07, 6.45) is -2.96. The van der Waals surface area contributed by atoms with Crippen molar-refractivity contribution < 1.29 is 28.2 Å². The highest BCUT2D eigenvalue weighted by Crippen LogP contribution is 2.31. The highest BCUT2D eigenvalue weighted by Gasteiger charge is 2.41. The van der Waals surface area contributed by atoms with Gasteiger partial charge in [-0.15, -0.1) is 0 Å². The van der Waals surface area contributed by atoms with E-state index in [4.69, 9.17) is 5.11 Å². The lowest BCUT2D eigenvalue weighted by atomic mass is 10.0. The molecule has 0 saturated carbocycles. The molecule has 15 heavy (non-hydrogen) atoms. The van der Waals surface area contributed by atoms with Gasteiger partial charge in [-0.3, -0.25) is 0 Å². The molecular formula is C9H6F3O3-. The first kappa shape index (κ1) is 11.5. The molecule has 0 aliphatic rings. The first-order chi connectivity index (χ1) is 6.85. The summed E-state index contributed by atoms with van der Waals surface area (Å²) in [6.45, 7) is 0. The topological polar surface area (TPSA) is 60.4 Å². The highest BCUT2D eigenvalue weighted by atomic mass is 19.3. The molecule has 0 radical (unpaired) electrons. The monoisotopic (exact) mass is 219 g/mol. The van der Waals surface area contributed by atoms with Crippen LogP contribution in [-0.4, -0.2) is 17.2 Å². The molecule has 0 spiro atoms. The van der Waals surface area contributed by atoms with Crippen LogP contribution >= 0.6 is 0 Å². The molecule has 0 saturated heterocycles. The van der Waals surface area contributed by atoms with E-state index in [9.17, 15) is 23.1 Å². The Labute approximate surface area is 82.8 Å². The maximum atomic E-state index is 13.1. The van der Waals surface area contributed by atoms with Crippen LogP contribution in [0.5, 0.6) is 0 Å². The second-order valence-corrected chi connectivity index (χ2v) is 2.85. The molecule has 1 aromatic rings. The largest absolute Gasteiger partial charge is 0.547 e. The van der Waals surface area contributed by atoms with Gasteiger partial charge in [0.15, 0.2) is 6.10 Å². The van der Waals surface area contributed by atoms with E-state index in [2.05, 4.69) is 0 Å². The molecule has 0 bridgehead atoms. The average Bonchev–Trinajstić information content (AvgIpc) is 2.17. The van der Waals surface area contributed by atoms with Crippen LogP contribution in [0.1, 0.15) is 5.56 Å². The van der Waals surface area contributed by atoms with Crippen LogP contribution in [-0.2, 0) is 10.7 Å². The maximum Gasteiger partial charge on any atom is 0.303 e. The summed E-state index contributed by atoms with van der Waals surface area (Å²) in [4.78, 5) is 10.1. The third-order valence-corrected chi connectivity index (χ3v) is 1.80. The van der Waals surface area contributed by atoms with Gasteiger partial charge in [-0.25, -0.2) is 4.39 Å². The zero-order valence-electron chi connectivity index (χ0n) is 7.28. The number of carboxylic acid groups (broad SMARTS) is 1. The molecule has 6 heteroatoms. The number of carboxylic acids is 1. The lowest BCUT2D eigenvalue weighted by Gasteiger charge is -2.23. The van der Waals surface area contributed by atoms with Gasteiger partial charge >= 0.3 is 5.92 Å². The second-order valence-electron chi connectivity index (χ2n) is 2.85. The molecule has 0 heterocycles. The van der Waals surface area contributed by atoms with Gasteiger partial charge in [0.05, 0.1) is 5.97 Å². The molecule has 82 valence electrons. The molecule has 1 N–H and O–H groups in total. The molecule has 0 aliphatic heterocycles. The van der Waals surface area contributed by atoms with Crippen LogP contribution in [0.2, 0.25) is 0 Å². The van der Waals surface area contributed by atoms with Crippen molar-refractivity contribution in [1.29, 1.82) is 0 Å². The number of rotatable bonds is 3. The number of halogens is 3. The van der Waals surface area contributed by atoms with Gasteiger partial charge in [0, 0.05) is 5.56 Å². The Kier molecular flexibility index (Phi) is 2.99. The van der Waals surface area contributed by atoms with Crippen molar-refractivity contribution in [3.05, 3.63) is 35.6 Å². The predicted molar refractivity (Wildman–Crippen MR) is 41.3 cm³/mol. The van der Waals surface area contributed by atoms with Gasteiger partial charge in [-0.2, -0.15) is 8.78 Å². The van der Waals surface area contributed by atoms with Crippen molar-refractivity contribution in [2.75, 3.05) is 0 Å². The van der Waals surface area contributed by atoms with E-state index >= 15 is 0 Å². The number of hydrogen-bond donors (Lipinski definition) is 1. The standard InChI is InChI=1S/C9H7F3O3/c10-6-3-1-5(2-4-6)9(11,12)7(13)8(14)15/h1-4,7,13H,(H,14,15)/p-1/t7-/m1/s1. The minimum absolute atomic E-state index is 0.696. The molecule has 0 unspecified atom stereocenters. The first-order valence-electron chi connectivity index (χ1n) is 3.88. The number of carbonyl (C=O) groups is 1. The quantitative estimate of drug-likeness (QED) is 0.780. The summed E-state index contributed by atoms with van der Waals surface area (Å²) in [6, 6.07) is 2.87. The first-order valence-corrected chi connectivity index (χ1v) is 3.88. The molecule has 1 rings (SSSR count). The van der Waals surface area contributed by atoms with Crippen molar-refractivity contribution in [3.63, 3.8) is 0 Å². The second kappa shape index (κ2) is 3.90. The number of aliphatic hydroxyl groups excluding tert-OH is 1. The Hall–Kier alpha value is -1.56. The van der Waals surface area contributed by atoms with Crippen molar-refractivity contribution in [2.45, 2.75) is 12.0 Å². The fourth-order valence-electron chi connectivity index (χ4n) is 0.978. The SMILES string of the molecule is O=C([O-])[C@@H](O)C(F)(F)c1ccc(F)cc1. The van der Waals surface area contributed by atoms with Crippen LogP contribution in [0, 0.1) is 5.82 Å². The average molecular weight is 219 g/mol. The summed E-state index contributed by atoms with van der Waals surface area (Å²) in [5, 5.41) is 18.7. The number of benzene rings is 1. The van der Waals surface area contributed by atoms with Gasteiger partial charge in [0.1, 0.15) is 5.82 Å². The van der Waals surface area contributed by atoms with E-state index in [-0.39, 0.29) is 0 Å². The van der Waals surface area contributed by atoms with Crippen LogP contribution < -0.4 is 5.11 Å². The molecule has 3 nitrogen and oxygen atoms in total. The van der Waals surface area contributed by atoms with E-state index < -0.39 is 29.4 Å². The summed E-state index contributed by atoms with van der Waals surface area (Å²) in [5.74, 6) is -7.03. The molecule has 0 aliphatic carbocycles. The van der Waals surface area contributed by atoms with Crippen LogP contribution in [0.25, 0.3) is 0 Å². The smallest absolute Gasteiger partial charge is 0.303 e. The Morgan fingerprint density at radius 2 is 1.80 bits per heavy atom. The Morgan fingerprint density at radius 3 is 2.20 bits per heavy atom. The summed E-state index contributed by atoms with van der Waals surface area (Å²) < 4.78 is 38.7. The highest BCUT2D eigenvalue weighted by molar-refractivity contribution is 5.71. The Balaban J connectivity index is 3.05. The zero-order chi connectivity index (χ0) is 11.6. The summed E-state index contributed by atoms with van der Waals surface area (Å²) >= 11 is 0. The normalized spacial score (nSPS) is 13.6. The Morgan fingerprint density at radius 1 is 1.33 bits per heavy atom. The van der Waals surface area contributed by atoms with E-state index in [0.29, 0.717) is 12.1 Å². The van der Waals surface area contributed by atoms with Gasteiger partial charge in [-0.05, 0) is 12.1 Å². The number of aliphatic hydroxyl groups is 1. The van der Waals surface area contributed by atoms with Gasteiger partial charge < -0.3 is 15.0 Å². The number of alkyl halides is 2. The van der Waals surface area contributed by atoms with Crippen molar-refractivity contribution in [3.8, 4) is 0 Å². The van der Waals surface area contributed by atoms with Crippen molar-refractivity contribution in [1.82, 2.24) is 0 Å². The fraction of sp³-hybridized carbons (Fsp3) is 0.222. The minimum atomic E-state index is -4.01. The van der Waals surface area contributed by atoms with Crippen LogP contribution in [0.4, 0.5) is 13.2 Å². The lowest BCUT2D eigenvalue weighted by Crippen LogP contribution is -2.45. The zero-order valence-corrected chi connectivity index (χ0v) is 7.28. The number of hydrogen-bond acceptors (Lipinski definition) is 3. The molecular weight excluding hydrogens is 213 g/mol. The van der Waals surface area contributed by atoms with E-state index in [1.54, 1.807) is 0 Å². The van der Waals surface area contributed by atoms with Gasteiger partial charge in [-0.1, -0.05) is 12.1 Å². The summed E-state index contributed by atoms with van der Waals surface area (Å²) in [5.41, 5.74) is -0.791. The van der Waals surface area contributed by atoms with Gasteiger partial charge in [0.2, 0.25) is 0 Å². The maximum absolute atomic E-state index is 13.1. The Bertz CT molecular complexity index is 361. The van der Waals surface area contributed by atoms with Crippen LogP contribution in [0.3, 0.4) is 0 Å². The van der Waals surface area contributed by atoms with Gasteiger partial charge in [0.25, 0.3) is 0 Å². The minimum Gasteiger partial charge on any atom is -0.547 e.